The fourth-order valence-corrected chi connectivity index (χ4v) is 2.61. The standard InChI is InChI=1S/C16H14N4O/c1-3-20-10(2)18-16-14(20)15(21)12(9-17)13(19-16)11-7-5-4-6-8-11/h4-8H,3H2,1-2H3,(H,19,21). The first-order valence-corrected chi connectivity index (χ1v) is 6.76. The largest absolute Gasteiger partial charge is 0.337 e. The molecule has 0 aliphatic rings. The summed E-state index contributed by atoms with van der Waals surface area (Å²) < 4.78 is 1.82. The number of benzene rings is 1. The third-order valence-electron chi connectivity index (χ3n) is 3.58. The summed E-state index contributed by atoms with van der Waals surface area (Å²) in [6.07, 6.45) is 0. The monoisotopic (exact) mass is 278 g/mol. The SMILES string of the molecule is CCn1c(C)nc2[nH]c(-c3ccccc3)c(C#N)c(=O)c21. The fraction of sp³-hybridized carbons (Fsp3) is 0.188. The van der Waals surface area contributed by atoms with Gasteiger partial charge in [0.15, 0.2) is 5.65 Å². The predicted molar refractivity (Wildman–Crippen MR) is 80.9 cm³/mol. The summed E-state index contributed by atoms with van der Waals surface area (Å²) >= 11 is 0. The molecular weight excluding hydrogens is 264 g/mol. The first-order valence-electron chi connectivity index (χ1n) is 6.76. The molecule has 0 radical (unpaired) electrons. The number of nitriles is 1. The van der Waals surface area contributed by atoms with Gasteiger partial charge in [-0.2, -0.15) is 5.26 Å². The second kappa shape index (κ2) is 4.91. The van der Waals surface area contributed by atoms with Crippen LogP contribution in [0.1, 0.15) is 18.3 Å². The van der Waals surface area contributed by atoms with Crippen molar-refractivity contribution in [2.24, 2.45) is 0 Å². The molecule has 0 aliphatic carbocycles. The lowest BCUT2D eigenvalue weighted by molar-refractivity contribution is 0.751. The van der Waals surface area contributed by atoms with E-state index in [0.717, 1.165) is 11.4 Å². The average Bonchev–Trinajstić information content (AvgIpc) is 2.83. The number of nitrogens with zero attached hydrogens (tertiary/aromatic N) is 3. The van der Waals surface area contributed by atoms with Crippen molar-refractivity contribution in [2.75, 3.05) is 0 Å². The first kappa shape index (κ1) is 13.1. The van der Waals surface area contributed by atoms with Crippen LogP contribution in [0.25, 0.3) is 22.4 Å². The van der Waals surface area contributed by atoms with Crippen LogP contribution in [-0.4, -0.2) is 14.5 Å². The molecule has 0 spiro atoms. The Balaban J connectivity index is 2.44. The maximum absolute atomic E-state index is 12.6. The minimum atomic E-state index is -0.271. The highest BCUT2D eigenvalue weighted by Gasteiger charge is 2.18. The summed E-state index contributed by atoms with van der Waals surface area (Å²) in [5, 5.41) is 9.39. The average molecular weight is 278 g/mol. The maximum atomic E-state index is 12.6. The van der Waals surface area contributed by atoms with Gasteiger partial charge < -0.3 is 9.55 Å². The highest BCUT2D eigenvalue weighted by Crippen LogP contribution is 2.22. The molecule has 0 unspecified atom stereocenters. The minimum absolute atomic E-state index is 0.128. The van der Waals surface area contributed by atoms with E-state index in [-0.39, 0.29) is 11.0 Å². The second-order valence-electron chi connectivity index (χ2n) is 4.78. The van der Waals surface area contributed by atoms with Crippen molar-refractivity contribution in [3.05, 3.63) is 51.9 Å². The van der Waals surface area contributed by atoms with Crippen molar-refractivity contribution in [3.63, 3.8) is 0 Å². The second-order valence-corrected chi connectivity index (χ2v) is 4.78. The lowest BCUT2D eigenvalue weighted by atomic mass is 10.1. The van der Waals surface area contributed by atoms with Crippen molar-refractivity contribution in [1.82, 2.24) is 14.5 Å². The molecule has 0 saturated carbocycles. The molecule has 3 rings (SSSR count). The van der Waals surface area contributed by atoms with Crippen LogP contribution in [0.15, 0.2) is 35.1 Å². The Morgan fingerprint density at radius 2 is 2.05 bits per heavy atom. The van der Waals surface area contributed by atoms with Gasteiger partial charge in [-0.1, -0.05) is 30.3 Å². The first-order chi connectivity index (χ1) is 10.2. The van der Waals surface area contributed by atoms with Gasteiger partial charge in [0.05, 0.1) is 5.69 Å². The van der Waals surface area contributed by atoms with E-state index in [4.69, 9.17) is 0 Å². The minimum Gasteiger partial charge on any atom is -0.337 e. The van der Waals surface area contributed by atoms with Gasteiger partial charge in [0.25, 0.3) is 0 Å². The van der Waals surface area contributed by atoms with E-state index < -0.39 is 0 Å². The van der Waals surface area contributed by atoms with Gasteiger partial charge in [-0.25, -0.2) is 4.98 Å². The number of H-pyrrole nitrogens is 1. The van der Waals surface area contributed by atoms with Gasteiger partial charge in [-0.05, 0) is 19.4 Å². The quantitative estimate of drug-likeness (QED) is 0.783. The Labute approximate surface area is 121 Å². The molecule has 3 aromatic rings. The molecule has 0 aliphatic heterocycles. The van der Waals surface area contributed by atoms with Crippen molar-refractivity contribution in [3.8, 4) is 17.3 Å². The van der Waals surface area contributed by atoms with Gasteiger partial charge in [0.2, 0.25) is 5.43 Å². The van der Waals surface area contributed by atoms with Gasteiger partial charge in [0, 0.05) is 6.54 Å². The maximum Gasteiger partial charge on any atom is 0.225 e. The summed E-state index contributed by atoms with van der Waals surface area (Å²) in [6, 6.07) is 11.4. The molecule has 104 valence electrons. The molecule has 5 heteroatoms. The Kier molecular flexibility index (Phi) is 3.07. The predicted octanol–water partition coefficient (Wildman–Crippen LogP) is 2.59. The normalized spacial score (nSPS) is 10.7. The van der Waals surface area contributed by atoms with Gasteiger partial charge in [-0.3, -0.25) is 4.79 Å². The van der Waals surface area contributed by atoms with Crippen molar-refractivity contribution < 1.29 is 0 Å². The molecule has 21 heavy (non-hydrogen) atoms. The molecule has 0 atom stereocenters. The number of pyridine rings is 1. The molecule has 0 bridgehead atoms. The van der Waals surface area contributed by atoms with Crippen LogP contribution in [0.5, 0.6) is 0 Å². The number of aryl methyl sites for hydroxylation is 2. The number of aromatic amines is 1. The number of aromatic nitrogens is 3. The lowest BCUT2D eigenvalue weighted by Gasteiger charge is -2.06. The molecule has 0 saturated heterocycles. The molecule has 0 amide bonds. The van der Waals surface area contributed by atoms with Gasteiger partial charge in [-0.15, -0.1) is 0 Å². The van der Waals surface area contributed by atoms with Gasteiger partial charge >= 0.3 is 0 Å². The van der Waals surface area contributed by atoms with E-state index in [2.05, 4.69) is 9.97 Å². The number of hydrogen-bond donors (Lipinski definition) is 1. The summed E-state index contributed by atoms with van der Waals surface area (Å²) in [6.45, 7) is 4.44. The molecular formula is C16H14N4O. The Morgan fingerprint density at radius 1 is 1.33 bits per heavy atom. The fourth-order valence-electron chi connectivity index (χ4n) is 2.61. The number of hydrogen-bond acceptors (Lipinski definition) is 3. The molecule has 2 heterocycles. The smallest absolute Gasteiger partial charge is 0.225 e. The Morgan fingerprint density at radius 3 is 2.67 bits per heavy atom. The molecule has 1 aromatic carbocycles. The number of rotatable bonds is 2. The lowest BCUT2D eigenvalue weighted by Crippen LogP contribution is -2.14. The van der Waals surface area contributed by atoms with E-state index in [9.17, 15) is 10.1 Å². The summed E-state index contributed by atoms with van der Waals surface area (Å²) in [5.41, 5.74) is 2.17. The van der Waals surface area contributed by atoms with Crippen LogP contribution >= 0.6 is 0 Å². The highest BCUT2D eigenvalue weighted by atomic mass is 16.1. The summed E-state index contributed by atoms with van der Waals surface area (Å²) in [7, 11) is 0. The Bertz CT molecular complexity index is 913. The summed E-state index contributed by atoms with van der Waals surface area (Å²) in [5.74, 6) is 0.759. The number of fused-ring (bicyclic) bond motifs is 1. The number of nitrogens with one attached hydrogen (secondary N) is 1. The highest BCUT2D eigenvalue weighted by molar-refractivity contribution is 5.80. The van der Waals surface area contributed by atoms with Crippen LogP contribution < -0.4 is 5.43 Å². The third kappa shape index (κ3) is 1.93. The van der Waals surface area contributed by atoms with Crippen LogP contribution in [0.4, 0.5) is 0 Å². The van der Waals surface area contributed by atoms with E-state index >= 15 is 0 Å². The summed E-state index contributed by atoms with van der Waals surface area (Å²) in [4.78, 5) is 20.2. The van der Waals surface area contributed by atoms with E-state index in [0.29, 0.717) is 23.4 Å². The van der Waals surface area contributed by atoms with Crippen LogP contribution in [-0.2, 0) is 6.54 Å². The van der Waals surface area contributed by atoms with Crippen molar-refractivity contribution in [2.45, 2.75) is 20.4 Å². The van der Waals surface area contributed by atoms with E-state index in [1.54, 1.807) is 0 Å². The van der Waals surface area contributed by atoms with Crippen LogP contribution in [0.3, 0.4) is 0 Å². The zero-order valence-electron chi connectivity index (χ0n) is 11.8. The van der Waals surface area contributed by atoms with Crippen LogP contribution in [0.2, 0.25) is 0 Å². The molecule has 0 fully saturated rings. The number of imidazole rings is 1. The zero-order chi connectivity index (χ0) is 15.0. The topological polar surface area (TPSA) is 74.5 Å². The third-order valence-corrected chi connectivity index (χ3v) is 3.58. The molecule has 5 nitrogen and oxygen atoms in total. The Hall–Kier alpha value is -2.87. The molecule has 2 aromatic heterocycles. The molecule has 1 N–H and O–H groups in total. The van der Waals surface area contributed by atoms with Gasteiger partial charge in [0.1, 0.15) is 23.0 Å². The van der Waals surface area contributed by atoms with E-state index in [1.807, 2.05) is 54.8 Å². The zero-order valence-corrected chi connectivity index (χ0v) is 11.8. The van der Waals surface area contributed by atoms with Crippen molar-refractivity contribution in [1.29, 1.82) is 5.26 Å². The van der Waals surface area contributed by atoms with Crippen molar-refractivity contribution >= 4 is 11.2 Å². The van der Waals surface area contributed by atoms with Crippen LogP contribution in [0, 0.1) is 18.3 Å². The van der Waals surface area contributed by atoms with E-state index in [1.165, 1.54) is 0 Å².